The van der Waals surface area contributed by atoms with Gasteiger partial charge in [0.2, 0.25) is 0 Å². The van der Waals surface area contributed by atoms with E-state index >= 15 is 0 Å². The first kappa shape index (κ1) is 24.9. The summed E-state index contributed by atoms with van der Waals surface area (Å²) in [6, 6.07) is 14.1. The number of hydrogen-bond donors (Lipinski definition) is 1. The Hall–Kier alpha value is -1.17. The number of piperazine rings is 1. The molecule has 0 aromatic heterocycles. The first-order chi connectivity index (χ1) is 12.5. The number of aliphatic hydroxyl groups is 1. The lowest BCUT2D eigenvalue weighted by molar-refractivity contribution is 0.0660. The lowest BCUT2D eigenvalue weighted by atomic mass is 10.1. The van der Waals surface area contributed by atoms with Crippen LogP contribution in [0.3, 0.4) is 0 Å². The predicted octanol–water partition coefficient (Wildman–Crippen LogP) is 4.36. The van der Waals surface area contributed by atoms with E-state index < -0.39 is 6.10 Å². The van der Waals surface area contributed by atoms with Gasteiger partial charge >= 0.3 is 0 Å². The van der Waals surface area contributed by atoms with E-state index in [-0.39, 0.29) is 24.8 Å². The van der Waals surface area contributed by atoms with Crippen LogP contribution in [0, 0.1) is 13.8 Å². The lowest BCUT2D eigenvalue weighted by Crippen LogP contribution is -2.49. The van der Waals surface area contributed by atoms with Crippen molar-refractivity contribution in [2.75, 3.05) is 44.2 Å². The summed E-state index contributed by atoms with van der Waals surface area (Å²) in [5, 5.41) is 11.1. The Balaban J connectivity index is 0.00000196. The number of rotatable bonds is 6. The number of nitrogens with zero attached hydrogens (tertiary/aromatic N) is 2. The van der Waals surface area contributed by atoms with Gasteiger partial charge in [-0.3, -0.25) is 4.90 Å². The van der Waals surface area contributed by atoms with Gasteiger partial charge in [-0.1, -0.05) is 29.8 Å². The first-order valence-corrected chi connectivity index (χ1v) is 9.50. The van der Waals surface area contributed by atoms with E-state index in [0.29, 0.717) is 13.2 Å². The maximum atomic E-state index is 10.3. The molecule has 0 bridgehead atoms. The van der Waals surface area contributed by atoms with E-state index in [4.69, 9.17) is 16.3 Å². The summed E-state index contributed by atoms with van der Waals surface area (Å²) >= 11 is 6.08. The summed E-state index contributed by atoms with van der Waals surface area (Å²) in [5.74, 6) is 0.856. The van der Waals surface area contributed by atoms with Crippen LogP contribution in [0.25, 0.3) is 0 Å². The molecule has 3 rings (SSSR count). The molecule has 1 aliphatic rings. The number of halogens is 3. The van der Waals surface area contributed by atoms with Crippen LogP contribution in [0.4, 0.5) is 5.69 Å². The van der Waals surface area contributed by atoms with Gasteiger partial charge in [-0.15, -0.1) is 24.8 Å². The summed E-state index contributed by atoms with van der Waals surface area (Å²) in [6.07, 6.45) is -0.493. The van der Waals surface area contributed by atoms with Crippen molar-refractivity contribution in [1.29, 1.82) is 0 Å². The van der Waals surface area contributed by atoms with Gasteiger partial charge in [0.05, 0.1) is 0 Å². The van der Waals surface area contributed by atoms with Gasteiger partial charge in [-0.2, -0.15) is 0 Å². The number of hydrogen-bond acceptors (Lipinski definition) is 4. The van der Waals surface area contributed by atoms with E-state index in [1.807, 2.05) is 44.2 Å². The molecule has 1 saturated heterocycles. The molecule has 7 heteroatoms. The molecule has 0 saturated carbocycles. The molecule has 0 radical (unpaired) electrons. The Kier molecular flexibility index (Phi) is 10.4. The molecule has 1 heterocycles. The number of aliphatic hydroxyl groups excluding tert-OH is 1. The molecule has 1 fully saturated rings. The third-order valence-electron chi connectivity index (χ3n) is 4.79. The van der Waals surface area contributed by atoms with Crippen molar-refractivity contribution in [2.24, 2.45) is 0 Å². The Morgan fingerprint density at radius 1 is 1.04 bits per heavy atom. The highest BCUT2D eigenvalue weighted by atomic mass is 35.5. The molecule has 28 heavy (non-hydrogen) atoms. The lowest BCUT2D eigenvalue weighted by Gasteiger charge is -2.37. The van der Waals surface area contributed by atoms with Crippen molar-refractivity contribution in [1.82, 2.24) is 4.90 Å². The van der Waals surface area contributed by atoms with Crippen LogP contribution in [0.5, 0.6) is 5.75 Å². The molecular formula is C21H29Cl3N2O2. The molecule has 1 atom stereocenters. The molecular weight excluding hydrogens is 419 g/mol. The maximum Gasteiger partial charge on any atom is 0.122 e. The highest BCUT2D eigenvalue weighted by molar-refractivity contribution is 6.30. The van der Waals surface area contributed by atoms with Gasteiger partial charge in [0.15, 0.2) is 0 Å². The number of ether oxygens (including phenoxy) is 1. The van der Waals surface area contributed by atoms with Crippen LogP contribution in [-0.2, 0) is 0 Å². The Morgan fingerprint density at radius 2 is 1.75 bits per heavy atom. The van der Waals surface area contributed by atoms with E-state index in [1.165, 1.54) is 0 Å². The minimum Gasteiger partial charge on any atom is -0.491 e. The molecule has 0 aliphatic carbocycles. The fraction of sp³-hybridized carbons (Fsp3) is 0.429. The van der Waals surface area contributed by atoms with Gasteiger partial charge in [0, 0.05) is 43.4 Å². The SMILES string of the molecule is Cc1ccc(C)c(OCC(O)CN2CCN(c3cccc(Cl)c3)CC2)c1.Cl.Cl. The molecule has 1 unspecified atom stereocenters. The van der Waals surface area contributed by atoms with Crippen molar-refractivity contribution in [3.8, 4) is 5.75 Å². The smallest absolute Gasteiger partial charge is 0.122 e. The summed E-state index contributed by atoms with van der Waals surface area (Å²) in [6.45, 7) is 8.74. The number of benzene rings is 2. The molecule has 0 amide bonds. The van der Waals surface area contributed by atoms with Gasteiger partial charge in [0.25, 0.3) is 0 Å². The highest BCUT2D eigenvalue weighted by Gasteiger charge is 2.20. The second kappa shape index (κ2) is 11.7. The maximum absolute atomic E-state index is 10.3. The largest absolute Gasteiger partial charge is 0.491 e. The van der Waals surface area contributed by atoms with Crippen LogP contribution >= 0.6 is 36.4 Å². The van der Waals surface area contributed by atoms with Crippen molar-refractivity contribution < 1.29 is 9.84 Å². The second-order valence-corrected chi connectivity index (χ2v) is 7.44. The molecule has 2 aromatic carbocycles. The molecule has 1 aliphatic heterocycles. The van der Waals surface area contributed by atoms with Crippen LogP contribution in [-0.4, -0.2) is 55.4 Å². The highest BCUT2D eigenvalue weighted by Crippen LogP contribution is 2.21. The summed E-state index contributed by atoms with van der Waals surface area (Å²) < 4.78 is 5.82. The molecule has 1 N–H and O–H groups in total. The third-order valence-corrected chi connectivity index (χ3v) is 5.02. The van der Waals surface area contributed by atoms with E-state index in [0.717, 1.165) is 53.8 Å². The minimum atomic E-state index is -0.493. The van der Waals surface area contributed by atoms with Gasteiger partial charge in [-0.25, -0.2) is 0 Å². The second-order valence-electron chi connectivity index (χ2n) is 7.00. The summed E-state index contributed by atoms with van der Waals surface area (Å²) in [7, 11) is 0. The fourth-order valence-electron chi connectivity index (χ4n) is 3.26. The normalized spacial score (nSPS) is 15.4. The first-order valence-electron chi connectivity index (χ1n) is 9.12. The van der Waals surface area contributed by atoms with Gasteiger partial charge in [-0.05, 0) is 49.2 Å². The third kappa shape index (κ3) is 7.02. The summed E-state index contributed by atoms with van der Waals surface area (Å²) in [4.78, 5) is 4.62. The zero-order chi connectivity index (χ0) is 18.5. The summed E-state index contributed by atoms with van der Waals surface area (Å²) in [5.41, 5.74) is 3.42. The quantitative estimate of drug-likeness (QED) is 0.713. The van der Waals surface area contributed by atoms with Crippen LogP contribution in [0.2, 0.25) is 5.02 Å². The van der Waals surface area contributed by atoms with Crippen molar-refractivity contribution in [2.45, 2.75) is 20.0 Å². The Bertz CT molecular complexity index is 737. The molecule has 2 aromatic rings. The Labute approximate surface area is 185 Å². The topological polar surface area (TPSA) is 35.9 Å². The van der Waals surface area contributed by atoms with E-state index in [9.17, 15) is 5.11 Å². The fourth-order valence-corrected chi connectivity index (χ4v) is 3.45. The van der Waals surface area contributed by atoms with Crippen LogP contribution < -0.4 is 9.64 Å². The average Bonchev–Trinajstić information content (AvgIpc) is 2.63. The zero-order valence-corrected chi connectivity index (χ0v) is 18.7. The van der Waals surface area contributed by atoms with Crippen LogP contribution in [0.15, 0.2) is 42.5 Å². The van der Waals surface area contributed by atoms with Gasteiger partial charge < -0.3 is 14.7 Å². The standard InChI is InChI=1S/C21H27ClN2O2.2ClH/c1-16-6-7-17(2)21(12-16)26-15-20(25)14-23-8-10-24(11-9-23)19-5-3-4-18(22)13-19;;/h3-7,12-13,20,25H,8-11,14-15H2,1-2H3;2*1H. The van der Waals surface area contributed by atoms with E-state index in [2.05, 4.69) is 21.9 Å². The van der Waals surface area contributed by atoms with Gasteiger partial charge in [0.1, 0.15) is 18.5 Å². The molecule has 0 spiro atoms. The molecule has 156 valence electrons. The van der Waals surface area contributed by atoms with E-state index in [1.54, 1.807) is 0 Å². The van der Waals surface area contributed by atoms with Crippen molar-refractivity contribution >= 4 is 42.1 Å². The Morgan fingerprint density at radius 3 is 2.43 bits per heavy atom. The zero-order valence-electron chi connectivity index (χ0n) is 16.3. The monoisotopic (exact) mass is 446 g/mol. The van der Waals surface area contributed by atoms with Crippen molar-refractivity contribution in [3.05, 3.63) is 58.6 Å². The van der Waals surface area contributed by atoms with Crippen LogP contribution in [0.1, 0.15) is 11.1 Å². The number of aryl methyl sites for hydroxylation is 2. The number of anilines is 1. The minimum absolute atomic E-state index is 0. The molecule has 4 nitrogen and oxygen atoms in total. The van der Waals surface area contributed by atoms with Crippen molar-refractivity contribution in [3.63, 3.8) is 0 Å². The predicted molar refractivity (Wildman–Crippen MR) is 122 cm³/mol. The average molecular weight is 448 g/mol. The number of β-amino-alcohol motifs (C(OH)–C–C–N with tert-alkyl or cyclic N) is 1.